The number of imidazole rings is 1. The minimum absolute atomic E-state index is 0.177. The maximum absolute atomic E-state index is 9.68. The number of aryl methyl sites for hydroxylation is 1. The minimum atomic E-state index is -0.177. The molecule has 0 aromatic carbocycles. The van der Waals surface area contributed by atoms with Crippen LogP contribution in [0.1, 0.15) is 32.4 Å². The van der Waals surface area contributed by atoms with Crippen LogP contribution in [0.25, 0.3) is 4.96 Å². The van der Waals surface area contributed by atoms with Crippen LogP contribution in [-0.4, -0.2) is 20.6 Å². The number of hydrogen-bond acceptors (Lipinski definition) is 3. The third kappa shape index (κ3) is 2.62. The lowest BCUT2D eigenvalue weighted by atomic mass is 10.0. The van der Waals surface area contributed by atoms with E-state index < -0.39 is 0 Å². The molecule has 1 N–H and O–H groups in total. The Kier molecular flexibility index (Phi) is 3.61. The first-order valence-corrected chi connectivity index (χ1v) is 6.64. The standard InChI is InChI=1S/C12H18N2OS/c1-9(2)11(15)5-3-4-10-8-14-6-7-16-12(14)13-10/h6-9,11,15H,3-5H2,1-2H3. The number of aliphatic hydroxyl groups excluding tert-OH is 1. The van der Waals surface area contributed by atoms with E-state index in [1.807, 2.05) is 11.6 Å². The smallest absolute Gasteiger partial charge is 0.193 e. The molecular formula is C12H18N2OS. The maximum Gasteiger partial charge on any atom is 0.193 e. The highest BCUT2D eigenvalue weighted by molar-refractivity contribution is 7.15. The Balaban J connectivity index is 1.84. The third-order valence-electron chi connectivity index (χ3n) is 2.85. The van der Waals surface area contributed by atoms with E-state index in [1.54, 1.807) is 11.3 Å². The van der Waals surface area contributed by atoms with Crippen LogP contribution in [0.15, 0.2) is 17.8 Å². The summed E-state index contributed by atoms with van der Waals surface area (Å²) >= 11 is 1.66. The van der Waals surface area contributed by atoms with Gasteiger partial charge in [0.25, 0.3) is 0 Å². The second kappa shape index (κ2) is 4.97. The predicted octanol–water partition coefficient (Wildman–Crippen LogP) is 2.74. The van der Waals surface area contributed by atoms with Gasteiger partial charge < -0.3 is 5.11 Å². The molecule has 0 amide bonds. The summed E-state index contributed by atoms with van der Waals surface area (Å²) in [6.07, 6.45) is 6.75. The molecule has 0 aliphatic heterocycles. The average Bonchev–Trinajstić information content (AvgIpc) is 2.77. The van der Waals surface area contributed by atoms with Crippen molar-refractivity contribution in [2.45, 2.75) is 39.2 Å². The van der Waals surface area contributed by atoms with Gasteiger partial charge in [0.15, 0.2) is 4.96 Å². The van der Waals surface area contributed by atoms with Crippen molar-refractivity contribution in [3.05, 3.63) is 23.5 Å². The van der Waals surface area contributed by atoms with Crippen LogP contribution in [0.2, 0.25) is 0 Å². The molecule has 2 aromatic heterocycles. The van der Waals surface area contributed by atoms with Gasteiger partial charge in [0.2, 0.25) is 0 Å². The van der Waals surface area contributed by atoms with Gasteiger partial charge in [-0.2, -0.15) is 0 Å². The van der Waals surface area contributed by atoms with E-state index in [9.17, 15) is 5.11 Å². The molecule has 0 radical (unpaired) electrons. The van der Waals surface area contributed by atoms with E-state index in [2.05, 4.69) is 29.4 Å². The van der Waals surface area contributed by atoms with E-state index in [4.69, 9.17) is 0 Å². The molecule has 1 atom stereocenters. The Morgan fingerprint density at radius 3 is 3.00 bits per heavy atom. The predicted molar refractivity (Wildman–Crippen MR) is 66.9 cm³/mol. The number of fused-ring (bicyclic) bond motifs is 1. The summed E-state index contributed by atoms with van der Waals surface area (Å²) in [6, 6.07) is 0. The SMILES string of the molecule is CC(C)C(O)CCCc1cn2ccsc2n1. The molecule has 0 aliphatic carbocycles. The molecule has 0 saturated carbocycles. The lowest BCUT2D eigenvalue weighted by molar-refractivity contribution is 0.114. The second-order valence-electron chi connectivity index (χ2n) is 4.53. The first-order chi connectivity index (χ1) is 7.66. The summed E-state index contributed by atoms with van der Waals surface area (Å²) in [5.74, 6) is 0.352. The molecule has 0 saturated heterocycles. The fourth-order valence-electron chi connectivity index (χ4n) is 1.72. The van der Waals surface area contributed by atoms with Gasteiger partial charge in [-0.25, -0.2) is 4.98 Å². The Hall–Kier alpha value is -0.870. The summed E-state index contributed by atoms with van der Waals surface area (Å²) < 4.78 is 2.05. The fourth-order valence-corrected chi connectivity index (χ4v) is 2.44. The summed E-state index contributed by atoms with van der Waals surface area (Å²) in [5.41, 5.74) is 1.13. The van der Waals surface area contributed by atoms with Crippen molar-refractivity contribution in [3.8, 4) is 0 Å². The Bertz CT molecular complexity index is 418. The summed E-state index contributed by atoms with van der Waals surface area (Å²) in [5, 5.41) is 11.7. The van der Waals surface area contributed by atoms with Crippen LogP contribution in [-0.2, 0) is 6.42 Å². The van der Waals surface area contributed by atoms with Gasteiger partial charge in [0.05, 0.1) is 11.8 Å². The highest BCUT2D eigenvalue weighted by Gasteiger charge is 2.09. The highest BCUT2D eigenvalue weighted by atomic mass is 32.1. The zero-order valence-corrected chi connectivity index (χ0v) is 10.6. The molecule has 88 valence electrons. The topological polar surface area (TPSA) is 37.5 Å². The lowest BCUT2D eigenvalue weighted by Gasteiger charge is -2.13. The largest absolute Gasteiger partial charge is 0.393 e. The van der Waals surface area contributed by atoms with Crippen molar-refractivity contribution in [1.29, 1.82) is 0 Å². The van der Waals surface area contributed by atoms with E-state index >= 15 is 0 Å². The molecule has 2 heterocycles. The monoisotopic (exact) mass is 238 g/mol. The molecule has 0 fully saturated rings. The molecule has 0 bridgehead atoms. The molecule has 0 aliphatic rings. The van der Waals surface area contributed by atoms with Crippen molar-refractivity contribution in [2.75, 3.05) is 0 Å². The molecule has 0 spiro atoms. The average molecular weight is 238 g/mol. The molecule has 2 aromatic rings. The zero-order chi connectivity index (χ0) is 11.5. The number of nitrogens with zero attached hydrogens (tertiary/aromatic N) is 2. The van der Waals surface area contributed by atoms with Gasteiger partial charge >= 0.3 is 0 Å². The number of aliphatic hydroxyl groups is 1. The van der Waals surface area contributed by atoms with Gasteiger partial charge in [-0.3, -0.25) is 4.40 Å². The first-order valence-electron chi connectivity index (χ1n) is 5.76. The second-order valence-corrected chi connectivity index (χ2v) is 5.40. The van der Waals surface area contributed by atoms with Crippen LogP contribution >= 0.6 is 11.3 Å². The first kappa shape index (κ1) is 11.6. The molecule has 2 rings (SSSR count). The molecular weight excluding hydrogens is 220 g/mol. The van der Waals surface area contributed by atoms with Gasteiger partial charge in [0, 0.05) is 17.8 Å². The van der Waals surface area contributed by atoms with Crippen LogP contribution in [0, 0.1) is 5.92 Å². The molecule has 1 unspecified atom stereocenters. The van der Waals surface area contributed by atoms with Crippen molar-refractivity contribution < 1.29 is 5.11 Å². The van der Waals surface area contributed by atoms with Crippen molar-refractivity contribution >= 4 is 16.3 Å². The van der Waals surface area contributed by atoms with Crippen LogP contribution in [0.4, 0.5) is 0 Å². The van der Waals surface area contributed by atoms with Crippen LogP contribution in [0.3, 0.4) is 0 Å². The van der Waals surface area contributed by atoms with E-state index in [1.165, 1.54) is 0 Å². The summed E-state index contributed by atoms with van der Waals surface area (Å²) in [7, 11) is 0. The van der Waals surface area contributed by atoms with Crippen LogP contribution in [0.5, 0.6) is 0 Å². The van der Waals surface area contributed by atoms with Crippen molar-refractivity contribution in [3.63, 3.8) is 0 Å². The highest BCUT2D eigenvalue weighted by Crippen LogP contribution is 2.14. The third-order valence-corrected chi connectivity index (χ3v) is 3.62. The Morgan fingerprint density at radius 1 is 1.50 bits per heavy atom. The van der Waals surface area contributed by atoms with Gasteiger partial charge in [-0.1, -0.05) is 13.8 Å². The Morgan fingerprint density at radius 2 is 2.31 bits per heavy atom. The van der Waals surface area contributed by atoms with Gasteiger partial charge in [-0.15, -0.1) is 11.3 Å². The van der Waals surface area contributed by atoms with E-state index in [0.717, 1.165) is 29.9 Å². The molecule has 3 nitrogen and oxygen atoms in total. The number of aromatic nitrogens is 2. The number of rotatable bonds is 5. The fraction of sp³-hybridized carbons (Fsp3) is 0.583. The van der Waals surface area contributed by atoms with Gasteiger partial charge in [0.1, 0.15) is 0 Å². The molecule has 16 heavy (non-hydrogen) atoms. The molecule has 4 heteroatoms. The normalized spacial score (nSPS) is 13.8. The van der Waals surface area contributed by atoms with E-state index in [-0.39, 0.29) is 6.10 Å². The minimum Gasteiger partial charge on any atom is -0.393 e. The lowest BCUT2D eigenvalue weighted by Crippen LogP contribution is -2.14. The maximum atomic E-state index is 9.68. The summed E-state index contributed by atoms with van der Waals surface area (Å²) in [6.45, 7) is 4.11. The zero-order valence-electron chi connectivity index (χ0n) is 9.76. The van der Waals surface area contributed by atoms with Crippen LogP contribution < -0.4 is 0 Å². The quantitative estimate of drug-likeness (QED) is 0.869. The van der Waals surface area contributed by atoms with E-state index in [0.29, 0.717) is 5.92 Å². The number of thiazole rings is 1. The van der Waals surface area contributed by atoms with Crippen molar-refractivity contribution in [1.82, 2.24) is 9.38 Å². The van der Waals surface area contributed by atoms with Crippen molar-refractivity contribution in [2.24, 2.45) is 5.92 Å². The number of hydrogen-bond donors (Lipinski definition) is 1. The summed E-state index contributed by atoms with van der Waals surface area (Å²) in [4.78, 5) is 5.57. The Labute approximate surface area is 99.8 Å². The van der Waals surface area contributed by atoms with Gasteiger partial charge in [-0.05, 0) is 25.2 Å².